The van der Waals surface area contributed by atoms with E-state index in [0.717, 1.165) is 6.42 Å². The van der Waals surface area contributed by atoms with Gasteiger partial charge in [0.05, 0.1) is 0 Å². The molecular formula is C32H32. The van der Waals surface area contributed by atoms with Crippen molar-refractivity contribution in [2.75, 3.05) is 0 Å². The van der Waals surface area contributed by atoms with E-state index in [1.54, 1.807) is 0 Å². The Morgan fingerprint density at radius 2 is 0.969 bits per heavy atom. The van der Waals surface area contributed by atoms with E-state index in [0.29, 0.717) is 0 Å². The van der Waals surface area contributed by atoms with Gasteiger partial charge in [-0.3, -0.25) is 0 Å². The SMILES string of the molecule is Cc1cc(C)cc(C2(C)CC(c3ccccc3)(c3cc(C)cc(C)c3)c3ccccc32)c1. The van der Waals surface area contributed by atoms with Crippen LogP contribution in [0.5, 0.6) is 0 Å². The van der Waals surface area contributed by atoms with Crippen molar-refractivity contribution in [3.63, 3.8) is 0 Å². The van der Waals surface area contributed by atoms with Gasteiger partial charge in [0.1, 0.15) is 0 Å². The standard InChI is InChI=1S/C32H32/c1-22-15-23(2)18-27(17-22)31(5)21-32(26-11-7-6-8-12-26,30-14-10-9-13-29(30)31)28-19-24(3)16-25(4)20-28/h6-20H,21H2,1-5H3. The molecule has 0 amide bonds. The summed E-state index contributed by atoms with van der Waals surface area (Å²) in [6.07, 6.45) is 1.02. The molecule has 0 heterocycles. The Hall–Kier alpha value is -3.12. The molecule has 32 heavy (non-hydrogen) atoms. The molecule has 4 aromatic carbocycles. The van der Waals surface area contributed by atoms with Gasteiger partial charge in [-0.2, -0.15) is 0 Å². The van der Waals surface area contributed by atoms with Crippen LogP contribution >= 0.6 is 0 Å². The predicted molar refractivity (Wildman–Crippen MR) is 136 cm³/mol. The highest BCUT2D eigenvalue weighted by atomic mass is 14.5. The van der Waals surface area contributed by atoms with Gasteiger partial charge in [-0.25, -0.2) is 0 Å². The number of hydrogen-bond donors (Lipinski definition) is 0. The molecule has 4 aromatic rings. The summed E-state index contributed by atoms with van der Waals surface area (Å²) in [6.45, 7) is 11.3. The van der Waals surface area contributed by atoms with E-state index in [4.69, 9.17) is 0 Å². The molecule has 0 fully saturated rings. The van der Waals surface area contributed by atoms with Crippen LogP contribution in [0.1, 0.15) is 63.4 Å². The fourth-order valence-corrected chi connectivity index (χ4v) is 6.23. The van der Waals surface area contributed by atoms with Crippen molar-refractivity contribution in [3.05, 3.63) is 141 Å². The van der Waals surface area contributed by atoms with Gasteiger partial charge in [0.2, 0.25) is 0 Å². The lowest BCUT2D eigenvalue weighted by molar-refractivity contribution is 0.472. The Bertz CT molecular complexity index is 1260. The van der Waals surface area contributed by atoms with Gasteiger partial charge in [0.25, 0.3) is 0 Å². The fourth-order valence-electron chi connectivity index (χ4n) is 6.23. The zero-order valence-corrected chi connectivity index (χ0v) is 19.9. The molecule has 0 bridgehead atoms. The normalized spacial score (nSPS) is 22.0. The van der Waals surface area contributed by atoms with Crippen molar-refractivity contribution < 1.29 is 0 Å². The molecule has 1 aliphatic rings. The second kappa shape index (κ2) is 7.48. The monoisotopic (exact) mass is 416 g/mol. The highest BCUT2D eigenvalue weighted by Crippen LogP contribution is 2.58. The van der Waals surface area contributed by atoms with Gasteiger partial charge in [-0.05, 0) is 61.9 Å². The Morgan fingerprint density at radius 3 is 1.53 bits per heavy atom. The molecule has 0 radical (unpaired) electrons. The topological polar surface area (TPSA) is 0 Å². The first-order valence-corrected chi connectivity index (χ1v) is 11.7. The van der Waals surface area contributed by atoms with Gasteiger partial charge >= 0.3 is 0 Å². The van der Waals surface area contributed by atoms with Crippen LogP contribution in [-0.2, 0) is 10.8 Å². The van der Waals surface area contributed by atoms with Crippen molar-refractivity contribution in [3.8, 4) is 0 Å². The van der Waals surface area contributed by atoms with Crippen molar-refractivity contribution in [1.82, 2.24) is 0 Å². The zero-order valence-electron chi connectivity index (χ0n) is 19.9. The molecule has 1 aliphatic carbocycles. The number of aryl methyl sites for hydroxylation is 4. The van der Waals surface area contributed by atoms with Crippen LogP contribution in [0.2, 0.25) is 0 Å². The van der Waals surface area contributed by atoms with Crippen molar-refractivity contribution in [1.29, 1.82) is 0 Å². The summed E-state index contributed by atoms with van der Waals surface area (Å²) < 4.78 is 0. The second-order valence-electron chi connectivity index (χ2n) is 10.1. The maximum atomic E-state index is 2.45. The molecule has 0 aliphatic heterocycles. The van der Waals surface area contributed by atoms with Gasteiger partial charge in [0, 0.05) is 10.8 Å². The number of hydrogen-bond acceptors (Lipinski definition) is 0. The van der Waals surface area contributed by atoms with Gasteiger partial charge in [0.15, 0.2) is 0 Å². The molecule has 160 valence electrons. The third-order valence-corrected chi connectivity index (χ3v) is 7.44. The minimum Gasteiger partial charge on any atom is -0.0622 e. The van der Waals surface area contributed by atoms with Crippen LogP contribution in [-0.4, -0.2) is 0 Å². The third kappa shape index (κ3) is 3.13. The second-order valence-corrected chi connectivity index (χ2v) is 10.1. The lowest BCUT2D eigenvalue weighted by atomic mass is 9.66. The van der Waals surface area contributed by atoms with E-state index in [1.807, 2.05) is 0 Å². The van der Waals surface area contributed by atoms with Gasteiger partial charge in [-0.1, -0.05) is 120 Å². The maximum Gasteiger partial charge on any atom is 0.0466 e. The first-order valence-electron chi connectivity index (χ1n) is 11.7. The van der Waals surface area contributed by atoms with Crippen LogP contribution in [0.4, 0.5) is 0 Å². The first kappa shape index (κ1) is 20.8. The van der Waals surface area contributed by atoms with Crippen LogP contribution < -0.4 is 0 Å². The summed E-state index contributed by atoms with van der Waals surface area (Å²) in [6, 6.07) is 34.5. The molecule has 0 N–H and O–H groups in total. The molecule has 2 atom stereocenters. The highest BCUT2D eigenvalue weighted by Gasteiger charge is 2.52. The number of fused-ring (bicyclic) bond motifs is 1. The summed E-state index contributed by atoms with van der Waals surface area (Å²) in [5.74, 6) is 0. The van der Waals surface area contributed by atoms with Crippen LogP contribution in [0.15, 0.2) is 91.0 Å². The molecule has 0 heteroatoms. The van der Waals surface area contributed by atoms with Crippen molar-refractivity contribution in [2.45, 2.75) is 51.9 Å². The van der Waals surface area contributed by atoms with Gasteiger partial charge < -0.3 is 0 Å². The maximum absolute atomic E-state index is 2.45. The Morgan fingerprint density at radius 1 is 0.500 bits per heavy atom. The number of benzene rings is 4. The molecule has 0 saturated heterocycles. The smallest absolute Gasteiger partial charge is 0.0466 e. The van der Waals surface area contributed by atoms with Crippen LogP contribution in [0.3, 0.4) is 0 Å². The molecule has 5 rings (SSSR count). The van der Waals surface area contributed by atoms with E-state index in [1.165, 1.54) is 50.1 Å². The van der Waals surface area contributed by atoms with Crippen molar-refractivity contribution >= 4 is 0 Å². The summed E-state index contributed by atoms with van der Waals surface area (Å²) in [5, 5.41) is 0. The van der Waals surface area contributed by atoms with Gasteiger partial charge in [-0.15, -0.1) is 0 Å². The number of rotatable bonds is 3. The van der Waals surface area contributed by atoms with Crippen molar-refractivity contribution in [2.24, 2.45) is 0 Å². The highest BCUT2D eigenvalue weighted by molar-refractivity contribution is 5.63. The first-order chi connectivity index (χ1) is 15.3. The largest absolute Gasteiger partial charge is 0.0622 e. The summed E-state index contributed by atoms with van der Waals surface area (Å²) >= 11 is 0. The zero-order chi connectivity index (χ0) is 22.5. The lowest BCUT2D eigenvalue weighted by Crippen LogP contribution is -2.30. The molecule has 0 aromatic heterocycles. The molecule has 0 saturated carbocycles. The van der Waals surface area contributed by atoms with E-state index in [-0.39, 0.29) is 10.8 Å². The Kier molecular flexibility index (Phi) is 4.86. The van der Waals surface area contributed by atoms with Crippen LogP contribution in [0, 0.1) is 27.7 Å². The minimum atomic E-state index is -0.180. The third-order valence-electron chi connectivity index (χ3n) is 7.44. The van der Waals surface area contributed by atoms with E-state index in [9.17, 15) is 0 Å². The fraction of sp³-hybridized carbons (Fsp3) is 0.250. The summed E-state index contributed by atoms with van der Waals surface area (Å²) in [5.41, 5.74) is 12.2. The predicted octanol–water partition coefficient (Wildman–Crippen LogP) is 7.96. The van der Waals surface area contributed by atoms with Crippen LogP contribution in [0.25, 0.3) is 0 Å². The molecule has 0 spiro atoms. The molecule has 0 nitrogen and oxygen atoms in total. The molecular weight excluding hydrogens is 384 g/mol. The van der Waals surface area contributed by atoms with E-state index < -0.39 is 0 Å². The summed E-state index contributed by atoms with van der Waals surface area (Å²) in [4.78, 5) is 0. The minimum absolute atomic E-state index is 0.0686. The van der Waals surface area contributed by atoms with E-state index >= 15 is 0 Å². The lowest BCUT2D eigenvalue weighted by Gasteiger charge is -2.35. The quantitative estimate of drug-likeness (QED) is 0.318. The molecule has 2 unspecified atom stereocenters. The summed E-state index contributed by atoms with van der Waals surface area (Å²) in [7, 11) is 0. The van der Waals surface area contributed by atoms with E-state index in [2.05, 4.69) is 126 Å². The average molecular weight is 417 g/mol. The Balaban J connectivity index is 1.86. The average Bonchev–Trinajstić information content (AvgIpc) is 3.05. The Labute approximate surface area is 193 Å².